The molecule has 2 rings (SSSR count). The van der Waals surface area contributed by atoms with Crippen LogP contribution in [0.5, 0.6) is 0 Å². The van der Waals surface area contributed by atoms with Crippen molar-refractivity contribution >= 4 is 17.4 Å². The van der Waals surface area contributed by atoms with E-state index in [0.29, 0.717) is 12.0 Å². The lowest BCUT2D eigenvalue weighted by molar-refractivity contribution is 0.0821. The molecule has 14 heavy (non-hydrogen) atoms. The summed E-state index contributed by atoms with van der Waals surface area (Å²) in [5, 5.41) is -2.20. The molecule has 0 heterocycles. The van der Waals surface area contributed by atoms with Crippen LogP contribution in [-0.2, 0) is 6.42 Å². The molecule has 74 valence electrons. The van der Waals surface area contributed by atoms with E-state index < -0.39 is 10.9 Å². The van der Waals surface area contributed by atoms with Gasteiger partial charge in [-0.3, -0.25) is 4.79 Å². The standard InChI is InChI=1S/C11H10ClFO/c12-11(13)7-3-5-8-4-1-2-6-9(8)10(11)14/h1-2,4,6H,3,5,7H2. The van der Waals surface area contributed by atoms with E-state index in [2.05, 4.69) is 0 Å². The number of halogens is 2. The zero-order chi connectivity index (χ0) is 10.2. The van der Waals surface area contributed by atoms with Crippen molar-refractivity contribution in [3.05, 3.63) is 35.4 Å². The normalized spacial score (nSPS) is 26.9. The third-order valence-corrected chi connectivity index (χ3v) is 2.89. The van der Waals surface area contributed by atoms with E-state index in [1.807, 2.05) is 12.1 Å². The van der Waals surface area contributed by atoms with Crippen LogP contribution in [0.25, 0.3) is 0 Å². The molecule has 0 radical (unpaired) electrons. The van der Waals surface area contributed by atoms with Crippen molar-refractivity contribution in [2.24, 2.45) is 0 Å². The summed E-state index contributed by atoms with van der Waals surface area (Å²) in [6.07, 6.45) is 1.44. The Morgan fingerprint density at radius 2 is 2.07 bits per heavy atom. The first-order chi connectivity index (χ1) is 6.61. The Kier molecular flexibility index (Phi) is 2.31. The fourth-order valence-corrected chi connectivity index (χ4v) is 2.01. The largest absolute Gasteiger partial charge is 0.289 e. The predicted molar refractivity (Wildman–Crippen MR) is 53.4 cm³/mol. The van der Waals surface area contributed by atoms with Gasteiger partial charge in [0.15, 0.2) is 0 Å². The number of benzene rings is 1. The molecule has 0 fully saturated rings. The van der Waals surface area contributed by atoms with Gasteiger partial charge >= 0.3 is 0 Å². The minimum absolute atomic E-state index is 0.0993. The highest BCUT2D eigenvalue weighted by Gasteiger charge is 2.38. The molecule has 1 nitrogen and oxygen atoms in total. The number of Topliss-reactive ketones (excluding diaryl/α,β-unsaturated/α-hetero) is 1. The molecule has 1 aromatic carbocycles. The third-order valence-electron chi connectivity index (χ3n) is 2.53. The Labute approximate surface area is 86.9 Å². The Balaban J connectivity index is 2.51. The minimum Gasteiger partial charge on any atom is -0.289 e. The maximum atomic E-state index is 13.6. The number of alkyl halides is 2. The molecule has 0 bridgehead atoms. The van der Waals surface area contributed by atoms with Crippen LogP contribution >= 0.6 is 11.6 Å². The Hall–Kier alpha value is -0.890. The quantitative estimate of drug-likeness (QED) is 0.477. The van der Waals surface area contributed by atoms with Crippen LogP contribution in [-0.4, -0.2) is 10.9 Å². The number of fused-ring (bicyclic) bond motifs is 1. The maximum Gasteiger partial charge on any atom is 0.245 e. The van der Waals surface area contributed by atoms with Gasteiger partial charge in [-0.1, -0.05) is 35.9 Å². The number of hydrogen-bond donors (Lipinski definition) is 0. The van der Waals surface area contributed by atoms with Gasteiger partial charge in [0.2, 0.25) is 10.9 Å². The monoisotopic (exact) mass is 212 g/mol. The highest BCUT2D eigenvalue weighted by Crippen LogP contribution is 2.33. The molecule has 1 atom stereocenters. The van der Waals surface area contributed by atoms with E-state index in [4.69, 9.17) is 11.6 Å². The van der Waals surface area contributed by atoms with E-state index in [-0.39, 0.29) is 6.42 Å². The van der Waals surface area contributed by atoms with Crippen LogP contribution in [0, 0.1) is 0 Å². The van der Waals surface area contributed by atoms with Crippen LogP contribution < -0.4 is 0 Å². The zero-order valence-electron chi connectivity index (χ0n) is 7.59. The van der Waals surface area contributed by atoms with Gasteiger partial charge < -0.3 is 0 Å². The van der Waals surface area contributed by atoms with E-state index in [0.717, 1.165) is 12.0 Å². The van der Waals surface area contributed by atoms with Gasteiger partial charge in [-0.2, -0.15) is 0 Å². The Morgan fingerprint density at radius 3 is 2.86 bits per heavy atom. The summed E-state index contributed by atoms with van der Waals surface area (Å²) in [7, 11) is 0. The molecular formula is C11H10ClFO. The van der Waals surface area contributed by atoms with Gasteiger partial charge in [-0.15, -0.1) is 0 Å². The van der Waals surface area contributed by atoms with Crippen molar-refractivity contribution in [2.75, 3.05) is 0 Å². The molecule has 3 heteroatoms. The van der Waals surface area contributed by atoms with Crippen LogP contribution in [0.15, 0.2) is 24.3 Å². The number of aryl methyl sites for hydroxylation is 1. The first kappa shape index (κ1) is 9.66. The van der Waals surface area contributed by atoms with Crippen LogP contribution in [0.4, 0.5) is 4.39 Å². The van der Waals surface area contributed by atoms with Gasteiger partial charge in [0.25, 0.3) is 0 Å². The Bertz CT molecular complexity index is 373. The van der Waals surface area contributed by atoms with Gasteiger partial charge in [0.1, 0.15) is 0 Å². The first-order valence-corrected chi connectivity index (χ1v) is 4.99. The highest BCUT2D eigenvalue weighted by molar-refractivity contribution is 6.36. The molecule has 1 unspecified atom stereocenters. The second-order valence-electron chi connectivity index (χ2n) is 3.54. The summed E-state index contributed by atoms with van der Waals surface area (Å²) >= 11 is 5.54. The third kappa shape index (κ3) is 1.55. The van der Waals surface area contributed by atoms with Gasteiger partial charge in [0.05, 0.1) is 0 Å². The molecule has 0 aliphatic heterocycles. The molecule has 0 spiro atoms. The lowest BCUT2D eigenvalue weighted by Crippen LogP contribution is -2.26. The number of ketones is 1. The van der Waals surface area contributed by atoms with Crippen molar-refractivity contribution < 1.29 is 9.18 Å². The molecular weight excluding hydrogens is 203 g/mol. The van der Waals surface area contributed by atoms with E-state index in [9.17, 15) is 9.18 Å². The fourth-order valence-electron chi connectivity index (χ4n) is 1.77. The average Bonchev–Trinajstić information content (AvgIpc) is 2.27. The number of carbonyl (C=O) groups is 1. The average molecular weight is 213 g/mol. The number of carbonyl (C=O) groups excluding carboxylic acids is 1. The van der Waals surface area contributed by atoms with Gasteiger partial charge in [-0.25, -0.2) is 4.39 Å². The van der Waals surface area contributed by atoms with E-state index >= 15 is 0 Å². The smallest absolute Gasteiger partial charge is 0.245 e. The fraction of sp³-hybridized carbons (Fsp3) is 0.364. The first-order valence-electron chi connectivity index (χ1n) is 4.62. The van der Waals surface area contributed by atoms with Crippen LogP contribution in [0.1, 0.15) is 28.8 Å². The van der Waals surface area contributed by atoms with Gasteiger partial charge in [-0.05, 0) is 18.4 Å². The predicted octanol–water partition coefficient (Wildman–Crippen LogP) is 3.11. The molecule has 0 saturated heterocycles. The topological polar surface area (TPSA) is 17.1 Å². The molecule has 1 aliphatic carbocycles. The number of hydrogen-bond acceptors (Lipinski definition) is 1. The minimum atomic E-state index is -2.20. The summed E-state index contributed by atoms with van der Waals surface area (Å²) in [6, 6.07) is 7.08. The summed E-state index contributed by atoms with van der Waals surface area (Å²) in [5.74, 6) is -0.590. The summed E-state index contributed by atoms with van der Waals surface area (Å²) in [6.45, 7) is 0. The molecule has 0 aromatic heterocycles. The zero-order valence-corrected chi connectivity index (χ0v) is 8.35. The molecule has 0 N–H and O–H groups in total. The molecule has 0 amide bonds. The lowest BCUT2D eigenvalue weighted by Gasteiger charge is -2.13. The molecule has 1 aliphatic rings. The van der Waals surface area contributed by atoms with Crippen molar-refractivity contribution in [3.63, 3.8) is 0 Å². The van der Waals surface area contributed by atoms with Crippen molar-refractivity contribution in [3.8, 4) is 0 Å². The van der Waals surface area contributed by atoms with Crippen LogP contribution in [0.2, 0.25) is 0 Å². The summed E-state index contributed by atoms with van der Waals surface area (Å²) < 4.78 is 13.6. The van der Waals surface area contributed by atoms with Crippen molar-refractivity contribution in [1.82, 2.24) is 0 Å². The maximum absolute atomic E-state index is 13.6. The molecule has 1 aromatic rings. The van der Waals surface area contributed by atoms with E-state index in [1.54, 1.807) is 12.1 Å². The summed E-state index contributed by atoms with van der Waals surface area (Å²) in [4.78, 5) is 11.7. The van der Waals surface area contributed by atoms with Crippen molar-refractivity contribution in [1.29, 1.82) is 0 Å². The van der Waals surface area contributed by atoms with Gasteiger partial charge in [0, 0.05) is 12.0 Å². The van der Waals surface area contributed by atoms with Crippen LogP contribution in [0.3, 0.4) is 0 Å². The Morgan fingerprint density at radius 1 is 1.36 bits per heavy atom. The van der Waals surface area contributed by atoms with E-state index in [1.165, 1.54) is 0 Å². The lowest BCUT2D eigenvalue weighted by atomic mass is 10.0. The second-order valence-corrected chi connectivity index (χ2v) is 4.14. The van der Waals surface area contributed by atoms with Crippen molar-refractivity contribution in [2.45, 2.75) is 24.4 Å². The SMILES string of the molecule is O=C1c2ccccc2CCCC1(F)Cl. The molecule has 0 saturated carbocycles. The second kappa shape index (κ2) is 3.35. The number of rotatable bonds is 0. The highest BCUT2D eigenvalue weighted by atomic mass is 35.5. The summed E-state index contributed by atoms with van der Waals surface area (Å²) in [5.41, 5.74) is 1.33.